The minimum Gasteiger partial charge on any atom is -0.399 e. The van der Waals surface area contributed by atoms with Gasteiger partial charge in [-0.1, -0.05) is 42.3 Å². The molecule has 1 aliphatic heterocycles. The van der Waals surface area contributed by atoms with E-state index in [2.05, 4.69) is 65.5 Å². The number of nitrogens with zero attached hydrogens (tertiary/aromatic N) is 5. The first-order chi connectivity index (χ1) is 25.0. The summed E-state index contributed by atoms with van der Waals surface area (Å²) < 4.78 is 5.48. The molecule has 2 aliphatic rings. The van der Waals surface area contributed by atoms with E-state index >= 15 is 0 Å². The Morgan fingerprint density at radius 2 is 1.77 bits per heavy atom. The minimum atomic E-state index is -0.660. The number of nitriles is 1. The summed E-state index contributed by atoms with van der Waals surface area (Å²) in [5.74, 6) is 0.561. The van der Waals surface area contributed by atoms with Gasteiger partial charge >= 0.3 is 0 Å². The standard InChI is InChI=1S/C42H48N6O4/c1-28-9-10-31(40-29(2)45-52-30(40)3)24-38(28)47(35-14-11-33(12-15-35)42(27-43)19-20-42)22-8-6-5-7-21-46(4)39(50)18-16-36(26-49)48-25-32-23-34(44)13-17-37(32)41(48)51/h9-15,17,23-24,26,36H,5-8,16,18-22,25,44H2,1-4H3. The first-order valence-corrected chi connectivity index (χ1v) is 18.3. The lowest BCUT2D eigenvalue weighted by Gasteiger charge is -2.28. The summed E-state index contributed by atoms with van der Waals surface area (Å²) in [4.78, 5) is 43.5. The number of anilines is 3. The molecule has 1 saturated carbocycles. The molecule has 1 fully saturated rings. The number of unbranched alkanes of at least 4 members (excludes halogenated alkanes) is 3. The van der Waals surface area contributed by atoms with Gasteiger partial charge in [0.25, 0.3) is 5.91 Å². The van der Waals surface area contributed by atoms with Crippen LogP contribution in [0.15, 0.2) is 65.2 Å². The zero-order valence-corrected chi connectivity index (χ0v) is 30.7. The Bertz CT molecular complexity index is 1970. The monoisotopic (exact) mass is 700 g/mol. The number of hydrogen-bond acceptors (Lipinski definition) is 8. The quantitative estimate of drug-likeness (QED) is 0.0718. The fourth-order valence-corrected chi connectivity index (χ4v) is 7.38. The van der Waals surface area contributed by atoms with E-state index < -0.39 is 6.04 Å². The number of carbonyl (C=O) groups is 3. The van der Waals surface area contributed by atoms with Gasteiger partial charge in [0.1, 0.15) is 12.0 Å². The Kier molecular flexibility index (Phi) is 10.8. The maximum Gasteiger partial charge on any atom is 0.255 e. The average molecular weight is 701 g/mol. The normalized spacial score (nSPS) is 14.8. The van der Waals surface area contributed by atoms with Crippen molar-refractivity contribution in [3.63, 3.8) is 0 Å². The molecule has 10 heteroatoms. The Hall–Kier alpha value is -5.43. The van der Waals surface area contributed by atoms with Crippen molar-refractivity contribution in [2.24, 2.45) is 0 Å². The number of hydrogen-bond donors (Lipinski definition) is 1. The Morgan fingerprint density at radius 3 is 2.42 bits per heavy atom. The number of aryl methyl sites for hydroxylation is 3. The van der Waals surface area contributed by atoms with Crippen molar-refractivity contribution >= 4 is 35.2 Å². The van der Waals surface area contributed by atoms with Crippen molar-refractivity contribution in [3.05, 3.63) is 94.4 Å². The molecule has 270 valence electrons. The van der Waals surface area contributed by atoms with Crippen molar-refractivity contribution in [2.45, 2.75) is 90.1 Å². The molecule has 0 radical (unpaired) electrons. The molecule has 2 amide bonds. The lowest BCUT2D eigenvalue weighted by atomic mass is 9.97. The van der Waals surface area contributed by atoms with Crippen LogP contribution in [0.4, 0.5) is 17.1 Å². The van der Waals surface area contributed by atoms with E-state index in [1.165, 1.54) is 4.90 Å². The van der Waals surface area contributed by atoms with Crippen LogP contribution in [0.25, 0.3) is 11.1 Å². The van der Waals surface area contributed by atoms with E-state index in [0.29, 0.717) is 24.3 Å². The van der Waals surface area contributed by atoms with Gasteiger partial charge in [-0.15, -0.1) is 0 Å². The second-order valence-electron chi connectivity index (χ2n) is 14.4. The third kappa shape index (κ3) is 7.59. The van der Waals surface area contributed by atoms with Gasteiger partial charge in [0.05, 0.1) is 23.2 Å². The van der Waals surface area contributed by atoms with E-state index in [4.69, 9.17) is 10.3 Å². The van der Waals surface area contributed by atoms with Crippen molar-refractivity contribution in [2.75, 3.05) is 30.8 Å². The van der Waals surface area contributed by atoms with Crippen LogP contribution in [0.1, 0.15) is 89.9 Å². The van der Waals surface area contributed by atoms with E-state index in [9.17, 15) is 19.6 Å². The summed E-state index contributed by atoms with van der Waals surface area (Å²) >= 11 is 0. The predicted octanol–water partition coefficient (Wildman–Crippen LogP) is 7.56. The van der Waals surface area contributed by atoms with Gasteiger partial charge in [-0.2, -0.15) is 5.26 Å². The van der Waals surface area contributed by atoms with Crippen LogP contribution in [0.3, 0.4) is 0 Å². The number of nitrogen functional groups attached to an aromatic ring is 1. The molecule has 2 N–H and O–H groups in total. The molecule has 2 heterocycles. The van der Waals surface area contributed by atoms with E-state index in [-0.39, 0.29) is 30.1 Å². The minimum absolute atomic E-state index is 0.0343. The highest BCUT2D eigenvalue weighted by Gasteiger charge is 2.44. The lowest BCUT2D eigenvalue weighted by molar-refractivity contribution is -0.130. The van der Waals surface area contributed by atoms with Gasteiger partial charge in [0.2, 0.25) is 5.91 Å². The summed E-state index contributed by atoms with van der Waals surface area (Å²) in [5, 5.41) is 13.9. The van der Waals surface area contributed by atoms with E-state index in [0.717, 1.165) is 102 Å². The van der Waals surface area contributed by atoms with Crippen LogP contribution in [-0.2, 0) is 21.5 Å². The van der Waals surface area contributed by atoms with Crippen LogP contribution >= 0.6 is 0 Å². The zero-order valence-electron chi connectivity index (χ0n) is 30.7. The Balaban J connectivity index is 1.03. The molecule has 10 nitrogen and oxygen atoms in total. The average Bonchev–Trinajstić information content (AvgIpc) is 3.79. The number of nitrogens with two attached hydrogens (primary N) is 1. The van der Waals surface area contributed by atoms with Crippen molar-refractivity contribution < 1.29 is 18.9 Å². The third-order valence-electron chi connectivity index (χ3n) is 10.7. The lowest BCUT2D eigenvalue weighted by Crippen LogP contribution is -2.38. The number of amides is 2. The second kappa shape index (κ2) is 15.4. The summed E-state index contributed by atoms with van der Waals surface area (Å²) in [7, 11) is 1.80. The van der Waals surface area contributed by atoms with E-state index in [1.54, 1.807) is 30.1 Å². The molecule has 0 spiro atoms. The van der Waals surface area contributed by atoms with Crippen LogP contribution < -0.4 is 10.6 Å². The second-order valence-corrected chi connectivity index (χ2v) is 14.4. The first kappa shape index (κ1) is 36.4. The molecule has 1 aliphatic carbocycles. The molecule has 1 atom stereocenters. The van der Waals surface area contributed by atoms with Gasteiger partial charge in [-0.25, -0.2) is 0 Å². The molecule has 1 unspecified atom stereocenters. The van der Waals surface area contributed by atoms with Gasteiger partial charge in [-0.05, 0) is 112 Å². The summed E-state index contributed by atoms with van der Waals surface area (Å²) in [6.07, 6.45) is 6.85. The molecular formula is C42H48N6O4. The third-order valence-corrected chi connectivity index (χ3v) is 10.7. The van der Waals surface area contributed by atoms with Gasteiger partial charge < -0.3 is 29.8 Å². The van der Waals surface area contributed by atoms with E-state index in [1.807, 2.05) is 13.8 Å². The molecule has 52 heavy (non-hydrogen) atoms. The molecule has 1 aromatic heterocycles. The van der Waals surface area contributed by atoms with Gasteiger partial charge in [-0.3, -0.25) is 9.59 Å². The maximum atomic E-state index is 13.0. The van der Waals surface area contributed by atoms with Crippen LogP contribution in [0, 0.1) is 32.1 Å². The maximum absolute atomic E-state index is 13.0. The molecule has 6 rings (SSSR count). The number of benzene rings is 3. The summed E-state index contributed by atoms with van der Waals surface area (Å²) in [6, 6.07) is 22.0. The van der Waals surface area contributed by atoms with Crippen LogP contribution in [-0.4, -0.2) is 59.2 Å². The van der Waals surface area contributed by atoms with Crippen LogP contribution in [0.5, 0.6) is 0 Å². The Labute approximate surface area is 306 Å². The summed E-state index contributed by atoms with van der Waals surface area (Å²) in [5.41, 5.74) is 14.9. The largest absolute Gasteiger partial charge is 0.399 e. The Morgan fingerprint density at radius 1 is 1.04 bits per heavy atom. The van der Waals surface area contributed by atoms with Crippen molar-refractivity contribution in [3.8, 4) is 17.2 Å². The molecule has 0 saturated heterocycles. The fourth-order valence-electron chi connectivity index (χ4n) is 7.38. The number of carbonyl (C=O) groups excluding carboxylic acids is 3. The van der Waals surface area contributed by atoms with Crippen LogP contribution in [0.2, 0.25) is 0 Å². The van der Waals surface area contributed by atoms with Gasteiger partial charge in [0, 0.05) is 61.3 Å². The smallest absolute Gasteiger partial charge is 0.255 e. The SMILES string of the molecule is Cc1ccc(-c2c(C)noc2C)cc1N(CCCCCCN(C)C(=O)CCC(C=O)N1Cc2cc(N)ccc2C1=O)c1ccc(C2(C#N)CC2)cc1. The highest BCUT2D eigenvalue weighted by atomic mass is 16.5. The van der Waals surface area contributed by atoms with Crippen molar-refractivity contribution in [1.29, 1.82) is 5.26 Å². The topological polar surface area (TPSA) is 137 Å². The number of aromatic nitrogens is 1. The fraction of sp³-hybridized carbons (Fsp3) is 0.405. The number of aldehydes is 1. The first-order valence-electron chi connectivity index (χ1n) is 18.3. The highest BCUT2D eigenvalue weighted by molar-refractivity contribution is 6.00. The molecular weight excluding hydrogens is 652 g/mol. The predicted molar refractivity (Wildman–Crippen MR) is 202 cm³/mol. The molecule has 3 aromatic carbocycles. The summed E-state index contributed by atoms with van der Waals surface area (Å²) in [6.45, 7) is 7.79. The van der Waals surface area contributed by atoms with Gasteiger partial charge in [0.15, 0.2) is 0 Å². The molecule has 0 bridgehead atoms. The zero-order chi connectivity index (χ0) is 37.0. The molecule has 4 aromatic rings. The van der Waals surface area contributed by atoms with Crippen molar-refractivity contribution in [1.82, 2.24) is 15.0 Å². The number of fused-ring (bicyclic) bond motifs is 1. The highest BCUT2D eigenvalue weighted by Crippen LogP contribution is 2.48. The number of rotatable bonds is 16.